The Balaban J connectivity index is 1.38. The molecule has 0 radical (unpaired) electrons. The maximum atomic E-state index is 12.9. The normalized spacial score (nSPS) is 22.7. The molecule has 0 bridgehead atoms. The maximum Gasteiger partial charge on any atom is 0.226 e. The summed E-state index contributed by atoms with van der Waals surface area (Å²) in [6, 6.07) is 0.206. The molecule has 2 saturated heterocycles. The zero-order chi connectivity index (χ0) is 20.8. The Hall–Kier alpha value is -1.93. The molecule has 0 aromatic carbocycles. The molecule has 2 aromatic heterocycles. The molecule has 8 nitrogen and oxygen atoms in total. The van der Waals surface area contributed by atoms with Gasteiger partial charge in [0.25, 0.3) is 0 Å². The SMILES string of the molecule is CC1(C)CC(NC(=O)C2CCN(c3nc(Cl)nc4nc[nH]c34)CC2)CC(C)(C)N1. The molecule has 3 N–H and O–H groups in total. The fraction of sp³-hybridized carbons (Fsp3) is 0.700. The highest BCUT2D eigenvalue weighted by atomic mass is 35.5. The monoisotopic (exact) mass is 419 g/mol. The van der Waals surface area contributed by atoms with Gasteiger partial charge in [-0.15, -0.1) is 0 Å². The van der Waals surface area contributed by atoms with E-state index in [1.165, 1.54) is 0 Å². The van der Waals surface area contributed by atoms with Crippen molar-refractivity contribution in [1.82, 2.24) is 30.6 Å². The number of halogens is 1. The van der Waals surface area contributed by atoms with Gasteiger partial charge in [0.15, 0.2) is 11.5 Å². The number of aromatic amines is 1. The Labute approximate surface area is 176 Å². The molecule has 0 aliphatic carbocycles. The van der Waals surface area contributed by atoms with Crippen LogP contribution in [-0.4, -0.2) is 56.1 Å². The molecule has 2 fully saturated rings. The summed E-state index contributed by atoms with van der Waals surface area (Å²) in [4.78, 5) is 30.9. The number of imidazole rings is 1. The maximum absolute atomic E-state index is 12.9. The van der Waals surface area contributed by atoms with Crippen LogP contribution in [0.5, 0.6) is 0 Å². The lowest BCUT2D eigenvalue weighted by atomic mass is 9.79. The predicted molar refractivity (Wildman–Crippen MR) is 114 cm³/mol. The number of carbonyl (C=O) groups excluding carboxylic acids is 1. The Morgan fingerprint density at radius 1 is 1.17 bits per heavy atom. The molecular formula is C20H30ClN7O. The van der Waals surface area contributed by atoms with E-state index in [1.807, 2.05) is 0 Å². The zero-order valence-corrected chi connectivity index (χ0v) is 18.3. The summed E-state index contributed by atoms with van der Waals surface area (Å²) >= 11 is 6.06. The minimum Gasteiger partial charge on any atom is -0.355 e. The third-order valence-corrected chi connectivity index (χ3v) is 6.11. The van der Waals surface area contributed by atoms with E-state index in [0.717, 1.165) is 50.1 Å². The highest BCUT2D eigenvalue weighted by molar-refractivity contribution is 6.28. The topological polar surface area (TPSA) is 98.8 Å². The molecule has 158 valence electrons. The van der Waals surface area contributed by atoms with E-state index in [2.05, 4.69) is 63.2 Å². The molecule has 1 amide bonds. The molecule has 4 rings (SSSR count). The molecule has 4 heterocycles. The summed E-state index contributed by atoms with van der Waals surface area (Å²) in [5.41, 5.74) is 1.39. The van der Waals surface area contributed by atoms with Crippen LogP contribution in [0.4, 0.5) is 5.82 Å². The van der Waals surface area contributed by atoms with Crippen LogP contribution < -0.4 is 15.5 Å². The Morgan fingerprint density at radius 3 is 2.48 bits per heavy atom. The molecule has 0 spiro atoms. The Kier molecular flexibility index (Phi) is 5.19. The van der Waals surface area contributed by atoms with Crippen LogP contribution in [0.2, 0.25) is 5.28 Å². The van der Waals surface area contributed by atoms with Crippen molar-refractivity contribution in [2.75, 3.05) is 18.0 Å². The molecule has 2 aromatic rings. The van der Waals surface area contributed by atoms with E-state index in [-0.39, 0.29) is 34.2 Å². The number of amides is 1. The van der Waals surface area contributed by atoms with Crippen LogP contribution in [-0.2, 0) is 4.79 Å². The third kappa shape index (κ3) is 4.48. The number of H-pyrrole nitrogens is 1. The molecule has 29 heavy (non-hydrogen) atoms. The summed E-state index contributed by atoms with van der Waals surface area (Å²) < 4.78 is 0. The number of aromatic nitrogens is 4. The quantitative estimate of drug-likeness (QED) is 0.661. The van der Waals surface area contributed by atoms with Gasteiger partial charge < -0.3 is 20.5 Å². The van der Waals surface area contributed by atoms with Gasteiger partial charge in [-0.2, -0.15) is 9.97 Å². The second-order valence-corrected chi connectivity index (χ2v) is 10.0. The molecule has 0 atom stereocenters. The van der Waals surface area contributed by atoms with Crippen LogP contribution in [0.1, 0.15) is 53.4 Å². The number of nitrogens with one attached hydrogen (secondary N) is 3. The van der Waals surface area contributed by atoms with Crippen LogP contribution >= 0.6 is 11.6 Å². The van der Waals surface area contributed by atoms with Crippen molar-refractivity contribution in [1.29, 1.82) is 0 Å². The lowest BCUT2D eigenvalue weighted by Gasteiger charge is -2.47. The van der Waals surface area contributed by atoms with Crippen molar-refractivity contribution < 1.29 is 4.79 Å². The average molecular weight is 420 g/mol. The van der Waals surface area contributed by atoms with Gasteiger partial charge >= 0.3 is 0 Å². The van der Waals surface area contributed by atoms with Crippen molar-refractivity contribution >= 4 is 34.5 Å². The first-order valence-electron chi connectivity index (χ1n) is 10.3. The molecule has 0 saturated carbocycles. The first-order valence-corrected chi connectivity index (χ1v) is 10.7. The first kappa shape index (κ1) is 20.3. The lowest BCUT2D eigenvalue weighted by Crippen LogP contribution is -2.62. The Bertz CT molecular complexity index is 885. The van der Waals surface area contributed by atoms with Crippen molar-refractivity contribution in [2.24, 2.45) is 5.92 Å². The number of hydrogen-bond donors (Lipinski definition) is 3. The number of fused-ring (bicyclic) bond motifs is 1. The van der Waals surface area contributed by atoms with E-state index >= 15 is 0 Å². The van der Waals surface area contributed by atoms with Crippen molar-refractivity contribution in [3.05, 3.63) is 11.6 Å². The van der Waals surface area contributed by atoms with Crippen molar-refractivity contribution in [2.45, 2.75) is 70.5 Å². The molecule has 2 aliphatic rings. The predicted octanol–water partition coefficient (Wildman–Crippen LogP) is 2.65. The van der Waals surface area contributed by atoms with Gasteiger partial charge in [-0.3, -0.25) is 4.79 Å². The van der Waals surface area contributed by atoms with E-state index in [0.29, 0.717) is 5.65 Å². The number of hydrogen-bond acceptors (Lipinski definition) is 6. The van der Waals surface area contributed by atoms with Gasteiger partial charge in [0.2, 0.25) is 11.2 Å². The molecule has 0 unspecified atom stereocenters. The van der Waals surface area contributed by atoms with Crippen molar-refractivity contribution in [3.8, 4) is 0 Å². The van der Waals surface area contributed by atoms with Crippen LogP contribution in [0, 0.1) is 5.92 Å². The van der Waals surface area contributed by atoms with Gasteiger partial charge in [-0.1, -0.05) is 0 Å². The van der Waals surface area contributed by atoms with Gasteiger partial charge in [-0.25, -0.2) is 4.98 Å². The van der Waals surface area contributed by atoms with Crippen molar-refractivity contribution in [3.63, 3.8) is 0 Å². The smallest absolute Gasteiger partial charge is 0.226 e. The minimum absolute atomic E-state index is 0.0186. The molecule has 9 heteroatoms. The van der Waals surface area contributed by atoms with Gasteiger partial charge in [-0.05, 0) is 65.0 Å². The van der Waals surface area contributed by atoms with Crippen LogP contribution in [0.25, 0.3) is 11.2 Å². The highest BCUT2D eigenvalue weighted by Crippen LogP contribution is 2.30. The second-order valence-electron chi connectivity index (χ2n) is 9.69. The Morgan fingerprint density at radius 2 is 1.83 bits per heavy atom. The third-order valence-electron chi connectivity index (χ3n) is 5.94. The summed E-state index contributed by atoms with van der Waals surface area (Å²) in [7, 11) is 0. The summed E-state index contributed by atoms with van der Waals surface area (Å²) in [6.45, 7) is 10.3. The standard InChI is InChI=1S/C20H30ClN7O/c1-19(2)9-13(10-20(3,4)27-19)24-17(29)12-5-7-28(8-6-12)16-14-15(23-11-22-14)25-18(21)26-16/h11-13,27H,5-10H2,1-4H3,(H,24,29)(H,22,23,25,26). The number of piperidine rings is 2. The highest BCUT2D eigenvalue weighted by Gasteiger charge is 2.39. The fourth-order valence-electron chi connectivity index (χ4n) is 5.12. The van der Waals surface area contributed by atoms with E-state index in [4.69, 9.17) is 11.6 Å². The van der Waals surface area contributed by atoms with E-state index < -0.39 is 0 Å². The number of carbonyl (C=O) groups is 1. The van der Waals surface area contributed by atoms with Gasteiger partial charge in [0.05, 0.1) is 6.33 Å². The molecule has 2 aliphatic heterocycles. The number of anilines is 1. The van der Waals surface area contributed by atoms with Gasteiger partial charge in [0.1, 0.15) is 5.52 Å². The van der Waals surface area contributed by atoms with Crippen LogP contribution in [0.3, 0.4) is 0 Å². The summed E-state index contributed by atoms with van der Waals surface area (Å²) in [5, 5.41) is 7.19. The summed E-state index contributed by atoms with van der Waals surface area (Å²) in [5.74, 6) is 0.968. The van der Waals surface area contributed by atoms with Gasteiger partial charge in [0, 0.05) is 36.1 Å². The van der Waals surface area contributed by atoms with E-state index in [1.54, 1.807) is 6.33 Å². The molecular weight excluding hydrogens is 390 g/mol. The average Bonchev–Trinajstić information content (AvgIpc) is 3.06. The summed E-state index contributed by atoms with van der Waals surface area (Å²) in [6.07, 6.45) is 5.07. The lowest BCUT2D eigenvalue weighted by molar-refractivity contribution is -0.126. The number of nitrogens with zero attached hydrogens (tertiary/aromatic N) is 4. The largest absolute Gasteiger partial charge is 0.355 e. The second kappa shape index (κ2) is 7.40. The zero-order valence-electron chi connectivity index (χ0n) is 17.5. The van der Waals surface area contributed by atoms with E-state index in [9.17, 15) is 4.79 Å². The fourth-order valence-corrected chi connectivity index (χ4v) is 5.28. The minimum atomic E-state index is 0.0186. The van der Waals surface area contributed by atoms with Crippen LogP contribution in [0.15, 0.2) is 6.33 Å². The number of rotatable bonds is 3. The first-order chi connectivity index (χ1) is 13.6.